The second kappa shape index (κ2) is 8.73. The lowest BCUT2D eigenvalue weighted by atomic mass is 9.85. The van der Waals surface area contributed by atoms with E-state index in [1.807, 2.05) is 0 Å². The summed E-state index contributed by atoms with van der Waals surface area (Å²) in [6.45, 7) is 14.8. The Kier molecular flexibility index (Phi) is 7.61. The van der Waals surface area contributed by atoms with Crippen LogP contribution in [0.4, 0.5) is 0 Å². The molecule has 0 spiro atoms. The maximum Gasteiger partial charge on any atom is 0.420 e. The van der Waals surface area contributed by atoms with Crippen LogP contribution < -0.4 is 0 Å². The number of carbonyl (C=O) groups is 1. The van der Waals surface area contributed by atoms with Crippen molar-refractivity contribution in [3.05, 3.63) is 34.4 Å². The summed E-state index contributed by atoms with van der Waals surface area (Å²) in [5.74, 6) is 0.919. The average molecular weight is 335 g/mol. The van der Waals surface area contributed by atoms with Gasteiger partial charge in [0.25, 0.3) is 0 Å². The van der Waals surface area contributed by atoms with Crippen LogP contribution in [0.3, 0.4) is 0 Å². The predicted molar refractivity (Wildman–Crippen MR) is 100 cm³/mol. The first-order valence-electron chi connectivity index (χ1n) is 8.87. The Balaban J connectivity index is 3.48. The third-order valence-corrected chi connectivity index (χ3v) is 5.69. The van der Waals surface area contributed by atoms with Gasteiger partial charge >= 0.3 is 13.3 Å². The summed E-state index contributed by atoms with van der Waals surface area (Å²) in [5.41, 5.74) is 3.97. The zero-order valence-corrected chi connectivity index (χ0v) is 16.7. The van der Waals surface area contributed by atoms with Crippen LogP contribution in [0, 0.1) is 0 Å². The number of carbonyl (C=O) groups excluding carboxylic acids is 1. The summed E-state index contributed by atoms with van der Waals surface area (Å²) in [6.07, 6.45) is 2.32. The molecule has 0 saturated heterocycles. The van der Waals surface area contributed by atoms with Gasteiger partial charge in [0, 0.05) is 0 Å². The van der Waals surface area contributed by atoms with Crippen LogP contribution in [-0.4, -0.2) is 11.7 Å². The van der Waals surface area contributed by atoms with Gasteiger partial charge in [-0.15, -0.1) is 0 Å². The zero-order chi connectivity index (χ0) is 17.7. The number of hydrogen-bond acceptors (Lipinski definition) is 2. The summed E-state index contributed by atoms with van der Waals surface area (Å²) < 4.78 is 12.5. The molecule has 128 valence electrons. The second-order valence-electron chi connectivity index (χ2n) is 7.30. The maximum atomic E-state index is 12.9. The standard InChI is InChI=1S/C20H32O2P/c1-8-9-10-23(22)20(21)19-17(14(4)5)11-16(13(2)3)12-18(19)15(6)7/h11-15H,8-10H2,1-7H3/q+1. The third-order valence-electron chi connectivity index (χ3n) is 4.29. The van der Waals surface area contributed by atoms with Crippen molar-refractivity contribution in [3.8, 4) is 0 Å². The van der Waals surface area contributed by atoms with E-state index in [1.54, 1.807) is 0 Å². The highest BCUT2D eigenvalue weighted by Crippen LogP contribution is 2.38. The van der Waals surface area contributed by atoms with E-state index in [-0.39, 0.29) is 17.4 Å². The molecule has 0 bridgehead atoms. The molecule has 2 nitrogen and oxygen atoms in total. The molecule has 1 unspecified atom stereocenters. The van der Waals surface area contributed by atoms with E-state index in [1.165, 1.54) is 5.56 Å². The van der Waals surface area contributed by atoms with E-state index in [0.29, 0.717) is 12.1 Å². The lowest BCUT2D eigenvalue weighted by Gasteiger charge is -2.19. The molecule has 0 amide bonds. The van der Waals surface area contributed by atoms with Crippen molar-refractivity contribution in [2.75, 3.05) is 6.16 Å². The van der Waals surface area contributed by atoms with E-state index in [9.17, 15) is 9.36 Å². The Morgan fingerprint density at radius 2 is 1.43 bits per heavy atom. The van der Waals surface area contributed by atoms with Crippen LogP contribution in [0.25, 0.3) is 0 Å². The Morgan fingerprint density at radius 1 is 0.957 bits per heavy atom. The molecule has 0 aliphatic heterocycles. The third kappa shape index (κ3) is 4.98. The minimum atomic E-state index is -1.82. The summed E-state index contributed by atoms with van der Waals surface area (Å²) in [5, 5.41) is 0. The largest absolute Gasteiger partial charge is 0.420 e. The number of unbranched alkanes of at least 4 members (excludes halogenated alkanes) is 1. The fourth-order valence-corrected chi connectivity index (χ4v) is 4.04. The van der Waals surface area contributed by atoms with Crippen molar-refractivity contribution in [1.29, 1.82) is 0 Å². The van der Waals surface area contributed by atoms with Crippen molar-refractivity contribution < 1.29 is 9.36 Å². The van der Waals surface area contributed by atoms with Crippen molar-refractivity contribution in [3.63, 3.8) is 0 Å². The molecule has 0 aliphatic rings. The summed E-state index contributed by atoms with van der Waals surface area (Å²) in [7, 11) is -1.82. The minimum Gasteiger partial charge on any atom is -0.234 e. The molecule has 0 fully saturated rings. The van der Waals surface area contributed by atoms with Gasteiger partial charge in [0.15, 0.2) is 6.16 Å². The monoisotopic (exact) mass is 335 g/mol. The van der Waals surface area contributed by atoms with E-state index in [2.05, 4.69) is 60.6 Å². The van der Waals surface area contributed by atoms with E-state index < -0.39 is 7.80 Å². The van der Waals surface area contributed by atoms with E-state index >= 15 is 0 Å². The Hall–Kier alpha value is -1.01. The summed E-state index contributed by atoms with van der Waals surface area (Å²) in [6, 6.07) is 4.30. The molecule has 1 aromatic rings. The smallest absolute Gasteiger partial charge is 0.234 e. The molecule has 23 heavy (non-hydrogen) atoms. The van der Waals surface area contributed by atoms with Gasteiger partial charge in [0.05, 0.1) is 5.56 Å². The van der Waals surface area contributed by atoms with Crippen LogP contribution in [0.2, 0.25) is 0 Å². The van der Waals surface area contributed by atoms with Crippen molar-refractivity contribution in [1.82, 2.24) is 0 Å². The van der Waals surface area contributed by atoms with Gasteiger partial charge in [0.2, 0.25) is 0 Å². The topological polar surface area (TPSA) is 34.1 Å². The van der Waals surface area contributed by atoms with Crippen LogP contribution in [0.15, 0.2) is 12.1 Å². The number of hydrogen-bond donors (Lipinski definition) is 0. The Morgan fingerprint density at radius 3 is 1.78 bits per heavy atom. The summed E-state index contributed by atoms with van der Waals surface area (Å²) >= 11 is 0. The highest BCUT2D eigenvalue weighted by molar-refractivity contribution is 7.64. The quantitative estimate of drug-likeness (QED) is 0.488. The van der Waals surface area contributed by atoms with Gasteiger partial charge in [0.1, 0.15) is 0 Å². The lowest BCUT2D eigenvalue weighted by molar-refractivity contribution is 0.107. The van der Waals surface area contributed by atoms with Crippen LogP contribution in [0.5, 0.6) is 0 Å². The van der Waals surface area contributed by atoms with Gasteiger partial charge in [-0.25, -0.2) is 4.79 Å². The normalized spacial score (nSPS) is 12.3. The molecule has 1 aromatic carbocycles. The summed E-state index contributed by atoms with van der Waals surface area (Å²) in [4.78, 5) is 12.9. The lowest BCUT2D eigenvalue weighted by Crippen LogP contribution is -2.10. The van der Waals surface area contributed by atoms with Gasteiger partial charge < -0.3 is 0 Å². The highest BCUT2D eigenvalue weighted by atomic mass is 31.1. The zero-order valence-electron chi connectivity index (χ0n) is 15.8. The minimum absolute atomic E-state index is 0.142. The molecule has 3 heteroatoms. The average Bonchev–Trinajstić information content (AvgIpc) is 2.50. The van der Waals surface area contributed by atoms with Gasteiger partial charge in [-0.1, -0.05) is 71.6 Å². The highest BCUT2D eigenvalue weighted by Gasteiger charge is 2.34. The van der Waals surface area contributed by atoms with E-state index in [4.69, 9.17) is 0 Å². The number of benzene rings is 1. The van der Waals surface area contributed by atoms with Crippen LogP contribution >= 0.6 is 7.80 Å². The molecule has 1 atom stereocenters. The predicted octanol–water partition coefficient (Wildman–Crippen LogP) is 6.82. The molecule has 0 heterocycles. The molecule has 0 aromatic heterocycles. The molecule has 0 aliphatic carbocycles. The molecule has 0 N–H and O–H groups in total. The van der Waals surface area contributed by atoms with Crippen molar-refractivity contribution in [2.45, 2.75) is 79.1 Å². The Labute approximate surface area is 142 Å². The molecule has 0 saturated carbocycles. The van der Waals surface area contributed by atoms with Gasteiger partial charge in [-0.3, -0.25) is 0 Å². The maximum absolute atomic E-state index is 12.9. The van der Waals surface area contributed by atoms with Crippen LogP contribution in [0.1, 0.15) is 106 Å². The first-order chi connectivity index (χ1) is 10.7. The molecular formula is C20H32O2P+. The second-order valence-corrected chi connectivity index (χ2v) is 8.91. The fourth-order valence-electron chi connectivity index (χ4n) is 2.73. The molecular weight excluding hydrogens is 303 g/mol. The Bertz CT molecular complexity index is 542. The molecule has 1 rings (SSSR count). The van der Waals surface area contributed by atoms with Crippen LogP contribution in [-0.2, 0) is 4.57 Å². The van der Waals surface area contributed by atoms with E-state index in [0.717, 1.165) is 29.5 Å². The van der Waals surface area contributed by atoms with Gasteiger partial charge in [-0.2, -0.15) is 0 Å². The van der Waals surface area contributed by atoms with Gasteiger partial charge in [-0.05, 0) is 40.9 Å². The first-order valence-corrected chi connectivity index (χ1v) is 10.3. The van der Waals surface area contributed by atoms with Crippen molar-refractivity contribution in [2.24, 2.45) is 0 Å². The first kappa shape index (κ1) is 20.0. The fraction of sp³-hybridized carbons (Fsp3) is 0.650. The number of rotatable bonds is 8. The SMILES string of the molecule is CCCC[P+](=O)C(=O)c1c(C(C)C)cc(C(C)C)cc1C(C)C. The molecule has 0 radical (unpaired) electrons. The van der Waals surface area contributed by atoms with Crippen molar-refractivity contribution >= 4 is 13.3 Å².